The monoisotopic (exact) mass is 1060 g/mol. The number of rotatable bonds is 10. The number of carbonyl (C=O) groups excluding carboxylic acids is 2. The number of ether oxygens (including phenoxy) is 2. The van der Waals surface area contributed by atoms with E-state index in [-0.39, 0.29) is 34.3 Å². The molecule has 2 aliphatic heterocycles. The third kappa shape index (κ3) is 13.8. The molecule has 2 saturated carbocycles. The SMILES string of the molecule is CP(=S)(Cl)OCC(F)(F)F.Cc1ccc(-c2ccc(F)cc2)cc1C1=C(O)C2(CCCC2)OC1=O.Cc1ccc(-c2ccc(F)cc2)cc1C1=C(OP(C)(=S)OCC(F)(F)F)C2(CCCC2)OC1=O. The molecule has 2 fully saturated rings. The van der Waals surface area contributed by atoms with E-state index in [4.69, 9.17) is 41.6 Å². The molecule has 4 aromatic rings. The number of esters is 2. The molecule has 21 heteroatoms. The number of hydrogen-bond acceptors (Lipinski definition) is 10. The van der Waals surface area contributed by atoms with Gasteiger partial charge in [0.25, 0.3) is 0 Å². The molecule has 1 N–H and O–H groups in total. The molecule has 372 valence electrons. The van der Waals surface area contributed by atoms with Gasteiger partial charge in [-0.1, -0.05) is 71.6 Å². The zero-order chi connectivity index (χ0) is 50.7. The maximum Gasteiger partial charge on any atom is 0.412 e. The fourth-order valence-corrected chi connectivity index (χ4v) is 10.4. The quantitative estimate of drug-likeness (QED) is 0.0939. The van der Waals surface area contributed by atoms with E-state index in [0.29, 0.717) is 36.8 Å². The minimum Gasteiger partial charge on any atom is -0.507 e. The second-order valence-corrected chi connectivity index (χ2v) is 27.4. The maximum atomic E-state index is 13.4. The van der Waals surface area contributed by atoms with Gasteiger partial charge >= 0.3 is 24.3 Å². The van der Waals surface area contributed by atoms with E-state index in [1.165, 1.54) is 37.6 Å². The lowest BCUT2D eigenvalue weighted by Gasteiger charge is -2.29. The Bertz CT molecular complexity index is 2730. The Morgan fingerprint density at radius 1 is 0.623 bits per heavy atom. The highest BCUT2D eigenvalue weighted by Gasteiger charge is 2.53. The molecular weight excluding hydrogens is 1020 g/mol. The molecule has 69 heavy (non-hydrogen) atoms. The predicted octanol–water partition coefficient (Wildman–Crippen LogP) is 14.6. The van der Waals surface area contributed by atoms with E-state index in [1.54, 1.807) is 30.3 Å². The van der Waals surface area contributed by atoms with Gasteiger partial charge in [-0.15, -0.1) is 0 Å². The third-order valence-corrected chi connectivity index (χ3v) is 14.5. The number of aliphatic hydroxyl groups is 1. The molecule has 0 bridgehead atoms. The molecule has 0 aromatic heterocycles. The zero-order valence-corrected chi connectivity index (χ0v) is 41.7. The van der Waals surface area contributed by atoms with Crippen LogP contribution < -0.4 is 0 Å². The van der Waals surface area contributed by atoms with E-state index in [9.17, 15) is 49.8 Å². The summed E-state index contributed by atoms with van der Waals surface area (Å²) >= 11 is 14.9. The molecule has 0 amide bonds. The van der Waals surface area contributed by atoms with Crippen LogP contribution in [-0.4, -0.2) is 67.1 Å². The van der Waals surface area contributed by atoms with E-state index in [0.717, 1.165) is 59.1 Å². The summed E-state index contributed by atoms with van der Waals surface area (Å²) in [6, 6.07) is 23.3. The van der Waals surface area contributed by atoms with Crippen molar-refractivity contribution < 1.29 is 72.9 Å². The Kier molecular flexibility index (Phi) is 16.7. The van der Waals surface area contributed by atoms with Crippen LogP contribution in [0, 0.1) is 25.5 Å². The smallest absolute Gasteiger partial charge is 0.412 e. The average molecular weight is 1070 g/mol. The van der Waals surface area contributed by atoms with Gasteiger partial charge in [0.1, 0.15) is 35.0 Å². The normalized spacial score (nSPS) is 19.1. The first-order valence-electron chi connectivity index (χ1n) is 21.5. The van der Waals surface area contributed by atoms with Gasteiger partial charge in [-0.05, 0) is 158 Å². The number of hydrogen-bond donors (Lipinski definition) is 1. The van der Waals surface area contributed by atoms with Crippen molar-refractivity contribution in [1.29, 1.82) is 0 Å². The molecular formula is C48H47ClF8O8P2S2. The van der Waals surface area contributed by atoms with Crippen LogP contribution in [0.15, 0.2) is 96.4 Å². The topological polar surface area (TPSA) is 101 Å². The van der Waals surface area contributed by atoms with E-state index < -0.39 is 60.8 Å². The molecule has 8 rings (SSSR count). The van der Waals surface area contributed by atoms with Crippen LogP contribution in [0.5, 0.6) is 0 Å². The fraction of sp³-hybridized carbons (Fsp3) is 0.375. The van der Waals surface area contributed by atoms with Crippen molar-refractivity contribution in [2.45, 2.75) is 88.8 Å². The molecule has 4 aliphatic rings. The summed E-state index contributed by atoms with van der Waals surface area (Å²) in [5, 5.41) is 10.8. The Balaban J connectivity index is 0.000000195. The van der Waals surface area contributed by atoms with Gasteiger partial charge < -0.3 is 28.2 Å². The van der Waals surface area contributed by atoms with Gasteiger partial charge in [-0.3, -0.25) is 0 Å². The number of aryl methyl sites for hydroxylation is 2. The standard InChI is InChI=1S/C24H23F4O4PS.C21H19FO3.C3H5ClF3OPS/c1-15-5-6-17(16-7-9-18(25)10-8-16)13-19(15)20-21(23(31-22(20)29)11-3-4-12-23)32-33(2,34)30-14-24(26,27)28;1-13-4-5-15(14-6-8-16(22)9-7-14)12-17(13)18-19(23)21(25-20(18)24)10-2-3-11-21;1-9(4,10)8-2-3(5,6)7/h5-10,13H,3-4,11-12,14H2,1-2H3;4-9,12,23H,2-3,10-11H2,1H3;2H2,1H3. The Labute approximate surface area is 409 Å². The lowest BCUT2D eigenvalue weighted by atomic mass is 9.91. The first-order valence-corrected chi connectivity index (χ1v) is 28.6. The Hall–Kier alpha value is -4.15. The van der Waals surface area contributed by atoms with Gasteiger partial charge in [-0.25, -0.2) is 18.4 Å². The van der Waals surface area contributed by atoms with Crippen molar-refractivity contribution in [3.05, 3.63) is 130 Å². The maximum absolute atomic E-state index is 13.4. The van der Waals surface area contributed by atoms with E-state index >= 15 is 0 Å². The van der Waals surface area contributed by atoms with Crippen molar-refractivity contribution in [1.82, 2.24) is 0 Å². The van der Waals surface area contributed by atoms with Crippen molar-refractivity contribution in [3.8, 4) is 22.3 Å². The van der Waals surface area contributed by atoms with Crippen LogP contribution in [0.3, 0.4) is 0 Å². The molecule has 0 saturated heterocycles. The van der Waals surface area contributed by atoms with Gasteiger partial charge in [0.2, 0.25) is 6.49 Å². The lowest BCUT2D eigenvalue weighted by Crippen LogP contribution is -2.29. The molecule has 2 heterocycles. The molecule has 2 spiro atoms. The molecule has 4 aromatic carbocycles. The van der Waals surface area contributed by atoms with Crippen LogP contribution in [-0.2, 0) is 56.2 Å². The van der Waals surface area contributed by atoms with Gasteiger partial charge in [0.15, 0.2) is 29.3 Å². The summed E-state index contributed by atoms with van der Waals surface area (Å²) in [7, 11) is 0. The fourth-order valence-electron chi connectivity index (χ4n) is 8.35. The summed E-state index contributed by atoms with van der Waals surface area (Å²) in [6.45, 7) is -0.0106. The molecule has 2 unspecified atom stereocenters. The lowest BCUT2D eigenvalue weighted by molar-refractivity contribution is -0.154. The summed E-state index contributed by atoms with van der Waals surface area (Å²) in [5.41, 5.74) is 1.86. The molecule has 8 nitrogen and oxygen atoms in total. The first-order chi connectivity index (χ1) is 32.1. The van der Waals surface area contributed by atoms with E-state index in [2.05, 4.69) is 16.3 Å². The summed E-state index contributed by atoms with van der Waals surface area (Å²) in [6.07, 6.45) is -3.14. The minimum absolute atomic E-state index is 0.0642. The summed E-state index contributed by atoms with van der Waals surface area (Å²) in [4.78, 5) is 25.6. The Morgan fingerprint density at radius 2 is 1.00 bits per heavy atom. The summed E-state index contributed by atoms with van der Waals surface area (Å²) in [5.74, 6) is -1.51. The number of alkyl halides is 6. The van der Waals surface area contributed by atoms with Crippen LogP contribution in [0.1, 0.15) is 73.6 Å². The zero-order valence-electron chi connectivity index (χ0n) is 37.6. The summed E-state index contributed by atoms with van der Waals surface area (Å²) < 4.78 is 125. The second kappa shape index (κ2) is 21.3. The number of halogens is 9. The largest absolute Gasteiger partial charge is 0.507 e. The van der Waals surface area contributed by atoms with Gasteiger partial charge in [0, 0.05) is 13.3 Å². The number of carbonyl (C=O) groups is 2. The molecule has 2 atom stereocenters. The van der Waals surface area contributed by atoms with Crippen LogP contribution >= 0.6 is 23.3 Å². The van der Waals surface area contributed by atoms with E-state index in [1.807, 2.05) is 44.2 Å². The molecule has 0 radical (unpaired) electrons. The first kappa shape index (κ1) is 54.2. The molecule has 2 aliphatic carbocycles. The number of aliphatic hydroxyl groups excluding tert-OH is 1. The van der Waals surface area contributed by atoms with Crippen molar-refractivity contribution in [2.24, 2.45) is 0 Å². The Morgan fingerprint density at radius 3 is 1.42 bits per heavy atom. The highest BCUT2D eigenvalue weighted by atomic mass is 35.7. The van der Waals surface area contributed by atoms with Crippen LogP contribution in [0.2, 0.25) is 0 Å². The van der Waals surface area contributed by atoms with Gasteiger partial charge in [-0.2, -0.15) is 26.3 Å². The average Bonchev–Trinajstić information content (AvgIpc) is 4.04. The minimum atomic E-state index is -4.56. The van der Waals surface area contributed by atoms with Crippen molar-refractivity contribution in [3.63, 3.8) is 0 Å². The van der Waals surface area contributed by atoms with Gasteiger partial charge in [0.05, 0.1) is 0 Å². The van der Waals surface area contributed by atoms with Crippen LogP contribution in [0.4, 0.5) is 35.1 Å². The number of benzene rings is 4. The van der Waals surface area contributed by atoms with Crippen LogP contribution in [0.25, 0.3) is 33.4 Å². The highest BCUT2D eigenvalue weighted by molar-refractivity contribution is 8.24. The van der Waals surface area contributed by atoms with Crippen molar-refractivity contribution >= 4 is 70.0 Å². The predicted molar refractivity (Wildman–Crippen MR) is 256 cm³/mol. The second-order valence-electron chi connectivity index (χ2n) is 17.1. The highest BCUT2D eigenvalue weighted by Crippen LogP contribution is 2.57. The van der Waals surface area contributed by atoms with Crippen molar-refractivity contribution in [2.75, 3.05) is 26.5 Å². The third-order valence-electron chi connectivity index (χ3n) is 11.7.